The van der Waals surface area contributed by atoms with E-state index in [4.69, 9.17) is 10.2 Å². The van der Waals surface area contributed by atoms with Gasteiger partial charge in [-0.25, -0.2) is 0 Å². The van der Waals surface area contributed by atoms with Crippen LogP contribution >= 0.6 is 31.9 Å². The van der Waals surface area contributed by atoms with Gasteiger partial charge in [0, 0.05) is 0 Å². The summed E-state index contributed by atoms with van der Waals surface area (Å²) in [5.74, 6) is -1.75. The van der Waals surface area contributed by atoms with E-state index in [1.807, 2.05) is 0 Å². The van der Waals surface area contributed by atoms with Gasteiger partial charge in [0.25, 0.3) is 0 Å². The van der Waals surface area contributed by atoms with E-state index in [-0.39, 0.29) is 0 Å². The van der Waals surface area contributed by atoms with Gasteiger partial charge in [0.2, 0.25) is 0 Å². The number of hydrogen-bond acceptors (Lipinski definition) is 2. The average Bonchev–Trinajstić information content (AvgIpc) is 2.11. The number of carbonyl (C=O) groups is 2. The lowest BCUT2D eigenvalue weighted by Gasteiger charge is -2.05. The second kappa shape index (κ2) is 7.23. The van der Waals surface area contributed by atoms with Crippen molar-refractivity contribution in [3.63, 3.8) is 0 Å². The predicted octanol–water partition coefficient (Wildman–Crippen LogP) is 2.24. The average molecular weight is 332 g/mol. The standard InChI is InChI=1S/C8H12Br2O4/c9-5(7(11)12)3-1-2-4-6(10)8(13)14/h5-6H,1-4H2,(H,11,12)(H,13,14). The molecule has 0 aliphatic carbocycles. The van der Waals surface area contributed by atoms with Crippen LogP contribution < -0.4 is 0 Å². The van der Waals surface area contributed by atoms with Crippen LogP contribution in [0, 0.1) is 0 Å². The Kier molecular flexibility index (Phi) is 7.17. The molecule has 0 amide bonds. The Balaban J connectivity index is 3.47. The summed E-state index contributed by atoms with van der Waals surface area (Å²) in [7, 11) is 0. The van der Waals surface area contributed by atoms with Gasteiger partial charge in [0.05, 0.1) is 0 Å². The summed E-state index contributed by atoms with van der Waals surface area (Å²) >= 11 is 6.02. The summed E-state index contributed by atoms with van der Waals surface area (Å²) in [6, 6.07) is 0. The minimum atomic E-state index is -0.876. The quantitative estimate of drug-likeness (QED) is 0.554. The molecule has 0 rings (SSSR count). The fourth-order valence-electron chi connectivity index (χ4n) is 0.894. The molecule has 6 heteroatoms. The van der Waals surface area contributed by atoms with Gasteiger partial charge in [-0.05, 0) is 12.8 Å². The Labute approximate surface area is 98.9 Å². The van der Waals surface area contributed by atoms with Crippen LogP contribution in [0.15, 0.2) is 0 Å². The Hall–Kier alpha value is -0.100. The molecule has 0 aliphatic rings. The Morgan fingerprint density at radius 2 is 1.21 bits per heavy atom. The molecule has 0 aliphatic heterocycles. The van der Waals surface area contributed by atoms with Gasteiger partial charge in [0.15, 0.2) is 0 Å². The van der Waals surface area contributed by atoms with Crippen molar-refractivity contribution in [2.24, 2.45) is 0 Å². The highest BCUT2D eigenvalue weighted by Gasteiger charge is 2.14. The number of carboxylic acids is 2. The molecule has 0 fully saturated rings. The van der Waals surface area contributed by atoms with Crippen molar-refractivity contribution in [3.8, 4) is 0 Å². The van der Waals surface area contributed by atoms with Gasteiger partial charge < -0.3 is 10.2 Å². The molecule has 0 bridgehead atoms. The first-order chi connectivity index (χ1) is 6.45. The maximum atomic E-state index is 10.4. The first-order valence-electron chi connectivity index (χ1n) is 4.19. The monoisotopic (exact) mass is 330 g/mol. The second-order valence-electron chi connectivity index (χ2n) is 2.90. The molecule has 4 nitrogen and oxygen atoms in total. The summed E-state index contributed by atoms with van der Waals surface area (Å²) in [6.45, 7) is 0. The molecule has 0 saturated carbocycles. The number of carboxylic acid groups (broad SMARTS) is 2. The third kappa shape index (κ3) is 6.37. The van der Waals surface area contributed by atoms with E-state index in [1.165, 1.54) is 0 Å². The van der Waals surface area contributed by atoms with Gasteiger partial charge in [0.1, 0.15) is 9.65 Å². The zero-order chi connectivity index (χ0) is 11.1. The van der Waals surface area contributed by atoms with Crippen LogP contribution in [0.5, 0.6) is 0 Å². The maximum absolute atomic E-state index is 10.4. The second-order valence-corrected chi connectivity index (χ2v) is 5.11. The molecular formula is C8H12Br2O4. The van der Waals surface area contributed by atoms with Gasteiger partial charge in [-0.1, -0.05) is 44.7 Å². The third-order valence-corrected chi connectivity index (χ3v) is 3.40. The lowest BCUT2D eigenvalue weighted by atomic mass is 10.1. The maximum Gasteiger partial charge on any atom is 0.317 e. The predicted molar refractivity (Wildman–Crippen MR) is 59.2 cm³/mol. The topological polar surface area (TPSA) is 74.6 Å². The molecule has 2 N–H and O–H groups in total. The number of alkyl halides is 2. The molecule has 0 aromatic carbocycles. The minimum Gasteiger partial charge on any atom is -0.480 e. The van der Waals surface area contributed by atoms with Crippen molar-refractivity contribution in [2.45, 2.75) is 35.3 Å². The highest BCUT2D eigenvalue weighted by atomic mass is 79.9. The Morgan fingerprint density at radius 3 is 1.43 bits per heavy atom. The third-order valence-electron chi connectivity index (χ3n) is 1.70. The SMILES string of the molecule is O=C(O)C(Br)CCCCC(Br)C(=O)O. The zero-order valence-electron chi connectivity index (χ0n) is 7.45. The highest BCUT2D eigenvalue weighted by Crippen LogP contribution is 2.15. The largest absolute Gasteiger partial charge is 0.480 e. The Bertz CT molecular complexity index is 186. The molecule has 14 heavy (non-hydrogen) atoms. The van der Waals surface area contributed by atoms with Crippen LogP contribution in [0.1, 0.15) is 25.7 Å². The van der Waals surface area contributed by atoms with Crippen molar-refractivity contribution in [1.29, 1.82) is 0 Å². The first kappa shape index (κ1) is 13.9. The van der Waals surface area contributed by atoms with Crippen molar-refractivity contribution >= 4 is 43.8 Å². The van der Waals surface area contributed by atoms with E-state index in [9.17, 15) is 9.59 Å². The summed E-state index contributed by atoms with van der Waals surface area (Å²) in [6.07, 6.45) is 2.46. The first-order valence-corrected chi connectivity index (χ1v) is 6.02. The van der Waals surface area contributed by atoms with Gasteiger partial charge in [-0.15, -0.1) is 0 Å². The zero-order valence-corrected chi connectivity index (χ0v) is 10.6. The van der Waals surface area contributed by atoms with E-state index in [2.05, 4.69) is 31.9 Å². The number of rotatable bonds is 7. The highest BCUT2D eigenvalue weighted by molar-refractivity contribution is 9.10. The fraction of sp³-hybridized carbons (Fsp3) is 0.750. The molecule has 82 valence electrons. The number of hydrogen-bond donors (Lipinski definition) is 2. The van der Waals surface area contributed by atoms with Crippen molar-refractivity contribution in [1.82, 2.24) is 0 Å². The van der Waals surface area contributed by atoms with E-state index in [1.54, 1.807) is 0 Å². The van der Waals surface area contributed by atoms with E-state index in [0.29, 0.717) is 25.7 Å². The normalized spacial score (nSPS) is 14.7. The summed E-state index contributed by atoms with van der Waals surface area (Å²) in [5, 5.41) is 17.1. The van der Waals surface area contributed by atoms with E-state index >= 15 is 0 Å². The summed E-state index contributed by atoms with van der Waals surface area (Å²) in [4.78, 5) is 19.7. The van der Waals surface area contributed by atoms with Gasteiger partial charge in [-0.2, -0.15) is 0 Å². The molecule has 0 heterocycles. The van der Waals surface area contributed by atoms with E-state index in [0.717, 1.165) is 0 Å². The molecule has 2 atom stereocenters. The number of halogens is 2. The summed E-state index contributed by atoms with van der Waals surface area (Å²) in [5.41, 5.74) is 0. The van der Waals surface area contributed by atoms with Crippen LogP contribution in [0.25, 0.3) is 0 Å². The number of aliphatic carboxylic acids is 2. The van der Waals surface area contributed by atoms with Crippen LogP contribution in [-0.2, 0) is 9.59 Å². The van der Waals surface area contributed by atoms with E-state index < -0.39 is 21.6 Å². The van der Waals surface area contributed by atoms with Gasteiger partial charge >= 0.3 is 11.9 Å². The van der Waals surface area contributed by atoms with Crippen molar-refractivity contribution < 1.29 is 19.8 Å². The smallest absolute Gasteiger partial charge is 0.317 e. The fourth-order valence-corrected chi connectivity index (χ4v) is 1.54. The Morgan fingerprint density at radius 1 is 0.929 bits per heavy atom. The van der Waals surface area contributed by atoms with Crippen LogP contribution in [0.3, 0.4) is 0 Å². The molecular weight excluding hydrogens is 320 g/mol. The number of unbranched alkanes of at least 4 members (excludes halogenated alkanes) is 1. The molecule has 0 aromatic heterocycles. The summed E-state index contributed by atoms with van der Waals surface area (Å²) < 4.78 is 0. The molecule has 0 spiro atoms. The lowest BCUT2D eigenvalue weighted by molar-refractivity contribution is -0.137. The van der Waals surface area contributed by atoms with Crippen molar-refractivity contribution in [3.05, 3.63) is 0 Å². The molecule has 2 unspecified atom stereocenters. The van der Waals surface area contributed by atoms with Crippen molar-refractivity contribution in [2.75, 3.05) is 0 Å². The van der Waals surface area contributed by atoms with Crippen LogP contribution in [-0.4, -0.2) is 31.8 Å². The molecule has 0 aromatic rings. The van der Waals surface area contributed by atoms with Crippen LogP contribution in [0.2, 0.25) is 0 Å². The molecule has 0 radical (unpaired) electrons. The minimum absolute atomic E-state index is 0.522. The van der Waals surface area contributed by atoms with Crippen LogP contribution in [0.4, 0.5) is 0 Å². The lowest BCUT2D eigenvalue weighted by Crippen LogP contribution is -2.14. The molecule has 0 saturated heterocycles. The van der Waals surface area contributed by atoms with Gasteiger partial charge in [-0.3, -0.25) is 9.59 Å².